The van der Waals surface area contributed by atoms with Crippen LogP contribution in [-0.4, -0.2) is 60.8 Å². The van der Waals surface area contributed by atoms with Crippen molar-refractivity contribution in [3.63, 3.8) is 0 Å². The Bertz CT molecular complexity index is 998. The van der Waals surface area contributed by atoms with Crippen LogP contribution in [0.25, 0.3) is 6.08 Å². The van der Waals surface area contributed by atoms with Gasteiger partial charge in [-0.15, -0.1) is 0 Å². The predicted octanol–water partition coefficient (Wildman–Crippen LogP) is 3.82. The predicted molar refractivity (Wildman–Crippen MR) is 133 cm³/mol. The van der Waals surface area contributed by atoms with Crippen LogP contribution < -0.4 is 10.1 Å². The van der Waals surface area contributed by atoms with Gasteiger partial charge in [0.05, 0.1) is 19.3 Å². The number of benzene rings is 2. The highest BCUT2D eigenvalue weighted by Crippen LogP contribution is 2.24. The zero-order chi connectivity index (χ0) is 24.3. The van der Waals surface area contributed by atoms with Crippen molar-refractivity contribution in [2.24, 2.45) is 5.92 Å². The van der Waals surface area contributed by atoms with Crippen LogP contribution in [-0.2, 0) is 14.4 Å². The van der Waals surface area contributed by atoms with E-state index < -0.39 is 0 Å². The number of nitrogens with one attached hydrogen (secondary N) is 1. The third kappa shape index (κ3) is 6.94. The van der Waals surface area contributed by atoms with Gasteiger partial charge in [-0.25, -0.2) is 0 Å². The molecular formula is C27H33N3O4. The molecule has 0 saturated carbocycles. The van der Waals surface area contributed by atoms with Crippen LogP contribution in [0.4, 0.5) is 5.69 Å². The van der Waals surface area contributed by atoms with Crippen molar-refractivity contribution in [3.05, 3.63) is 66.2 Å². The van der Waals surface area contributed by atoms with Gasteiger partial charge in [0.1, 0.15) is 5.75 Å². The number of carbonyl (C=O) groups excluding carboxylic acids is 3. The highest BCUT2D eigenvalue weighted by molar-refractivity contribution is 5.96. The highest BCUT2D eigenvalue weighted by Gasteiger charge is 2.30. The first-order valence-corrected chi connectivity index (χ1v) is 11.8. The van der Waals surface area contributed by atoms with Gasteiger partial charge >= 0.3 is 0 Å². The number of anilines is 1. The van der Waals surface area contributed by atoms with Crippen LogP contribution in [0.15, 0.2) is 60.7 Å². The number of rotatable bonds is 9. The van der Waals surface area contributed by atoms with Crippen LogP contribution in [0.3, 0.4) is 0 Å². The van der Waals surface area contributed by atoms with Gasteiger partial charge in [-0.1, -0.05) is 49.4 Å². The molecule has 0 unspecified atom stereocenters. The number of nitrogens with zero attached hydrogens (tertiary/aromatic N) is 2. The molecule has 0 atom stereocenters. The Hall–Kier alpha value is -3.61. The van der Waals surface area contributed by atoms with E-state index in [2.05, 4.69) is 5.32 Å². The molecule has 3 amide bonds. The number of para-hydroxylation sites is 2. The molecule has 0 aromatic heterocycles. The van der Waals surface area contributed by atoms with Crippen LogP contribution in [0.2, 0.25) is 0 Å². The summed E-state index contributed by atoms with van der Waals surface area (Å²) >= 11 is 0. The lowest BCUT2D eigenvalue weighted by atomic mass is 9.95. The molecule has 7 nitrogen and oxygen atoms in total. The summed E-state index contributed by atoms with van der Waals surface area (Å²) in [6.07, 6.45) is 5.34. The van der Waals surface area contributed by atoms with E-state index in [0.717, 1.165) is 12.0 Å². The third-order valence-electron chi connectivity index (χ3n) is 5.89. The molecule has 7 heteroatoms. The van der Waals surface area contributed by atoms with Crippen LogP contribution in [0, 0.1) is 5.92 Å². The summed E-state index contributed by atoms with van der Waals surface area (Å²) in [5, 5.41) is 2.84. The molecule has 1 aliphatic rings. The van der Waals surface area contributed by atoms with Gasteiger partial charge in [0.2, 0.25) is 17.7 Å². The lowest BCUT2D eigenvalue weighted by Gasteiger charge is -2.33. The lowest BCUT2D eigenvalue weighted by Crippen LogP contribution is -2.46. The molecule has 1 aliphatic heterocycles. The molecule has 0 aliphatic carbocycles. The maximum atomic E-state index is 13.2. The first kappa shape index (κ1) is 25.0. The monoisotopic (exact) mass is 463 g/mol. The average Bonchev–Trinajstić information content (AvgIpc) is 2.87. The van der Waals surface area contributed by atoms with Gasteiger partial charge in [0, 0.05) is 31.6 Å². The van der Waals surface area contributed by atoms with Gasteiger partial charge < -0.3 is 19.9 Å². The van der Waals surface area contributed by atoms with E-state index in [1.807, 2.05) is 55.5 Å². The van der Waals surface area contributed by atoms with E-state index in [-0.39, 0.29) is 30.2 Å². The molecule has 0 spiro atoms. The summed E-state index contributed by atoms with van der Waals surface area (Å²) in [6.45, 7) is 3.54. The minimum Gasteiger partial charge on any atom is -0.495 e. The standard InChI is InChI=1S/C27H33N3O4/c1-3-17-30(20-25(31)28-23-11-7-8-12-24(23)34-2)27(33)22-15-18-29(19-16-22)26(32)14-13-21-9-5-4-6-10-21/h4-14,22H,3,15-20H2,1-2H3,(H,28,31)/b14-13+. The summed E-state index contributed by atoms with van der Waals surface area (Å²) in [5.74, 6) is 0.0561. The average molecular weight is 464 g/mol. The summed E-state index contributed by atoms with van der Waals surface area (Å²) in [6, 6.07) is 16.9. The number of ether oxygens (including phenoxy) is 1. The summed E-state index contributed by atoms with van der Waals surface area (Å²) < 4.78 is 5.28. The molecule has 2 aromatic rings. The number of methoxy groups -OCH3 is 1. The van der Waals surface area contributed by atoms with Crippen molar-refractivity contribution < 1.29 is 19.1 Å². The molecule has 1 N–H and O–H groups in total. The zero-order valence-electron chi connectivity index (χ0n) is 19.9. The molecule has 1 saturated heterocycles. The second kappa shape index (κ2) is 12.6. The number of hydrogen-bond acceptors (Lipinski definition) is 4. The van der Waals surface area contributed by atoms with E-state index in [1.54, 1.807) is 35.1 Å². The number of likely N-dealkylation sites (tertiary alicyclic amines) is 1. The Morgan fingerprint density at radius 2 is 1.74 bits per heavy atom. The minimum absolute atomic E-state index is 0.0102. The molecule has 1 heterocycles. The van der Waals surface area contributed by atoms with Crippen molar-refractivity contribution in [2.45, 2.75) is 26.2 Å². The molecule has 180 valence electrons. The third-order valence-corrected chi connectivity index (χ3v) is 5.89. The summed E-state index contributed by atoms with van der Waals surface area (Å²) in [5.41, 5.74) is 1.55. The molecule has 0 bridgehead atoms. The Kier molecular flexibility index (Phi) is 9.26. The quantitative estimate of drug-likeness (QED) is 0.574. The largest absolute Gasteiger partial charge is 0.495 e. The van der Waals surface area contributed by atoms with Gasteiger partial charge in [-0.2, -0.15) is 0 Å². The minimum atomic E-state index is -0.259. The number of carbonyl (C=O) groups is 3. The second-order valence-corrected chi connectivity index (χ2v) is 8.35. The Morgan fingerprint density at radius 1 is 1.06 bits per heavy atom. The maximum absolute atomic E-state index is 13.2. The van der Waals surface area contributed by atoms with E-state index in [9.17, 15) is 14.4 Å². The molecule has 0 radical (unpaired) electrons. The molecule has 2 aromatic carbocycles. The fourth-order valence-electron chi connectivity index (χ4n) is 4.09. The van der Waals surface area contributed by atoms with E-state index in [4.69, 9.17) is 4.74 Å². The fourth-order valence-corrected chi connectivity index (χ4v) is 4.09. The second-order valence-electron chi connectivity index (χ2n) is 8.35. The smallest absolute Gasteiger partial charge is 0.246 e. The van der Waals surface area contributed by atoms with Crippen molar-refractivity contribution >= 4 is 29.5 Å². The number of hydrogen-bond donors (Lipinski definition) is 1. The van der Waals surface area contributed by atoms with Gasteiger partial charge in [0.25, 0.3) is 0 Å². The van der Waals surface area contributed by atoms with Crippen molar-refractivity contribution in [1.29, 1.82) is 0 Å². The van der Waals surface area contributed by atoms with Crippen LogP contribution in [0.1, 0.15) is 31.7 Å². The van der Waals surface area contributed by atoms with Crippen molar-refractivity contribution in [1.82, 2.24) is 9.80 Å². The topological polar surface area (TPSA) is 79.0 Å². The lowest BCUT2D eigenvalue weighted by molar-refractivity contribution is -0.141. The zero-order valence-corrected chi connectivity index (χ0v) is 19.9. The highest BCUT2D eigenvalue weighted by atomic mass is 16.5. The molecule has 3 rings (SSSR count). The van der Waals surface area contributed by atoms with Crippen LogP contribution >= 0.6 is 0 Å². The molecule has 1 fully saturated rings. The van der Waals surface area contributed by atoms with E-state index >= 15 is 0 Å². The normalized spacial score (nSPS) is 14.1. The maximum Gasteiger partial charge on any atom is 0.246 e. The van der Waals surface area contributed by atoms with Gasteiger partial charge in [-0.3, -0.25) is 14.4 Å². The SMILES string of the molecule is CCCN(CC(=O)Nc1ccccc1OC)C(=O)C1CCN(C(=O)/C=C/c2ccccc2)CC1. The molecular weight excluding hydrogens is 430 g/mol. The van der Waals surface area contributed by atoms with Gasteiger partial charge in [0.15, 0.2) is 0 Å². The van der Waals surface area contributed by atoms with Crippen molar-refractivity contribution in [3.8, 4) is 5.75 Å². The van der Waals surface area contributed by atoms with E-state index in [0.29, 0.717) is 43.9 Å². The van der Waals surface area contributed by atoms with Crippen LogP contribution in [0.5, 0.6) is 5.75 Å². The first-order chi connectivity index (χ1) is 16.5. The van der Waals surface area contributed by atoms with E-state index in [1.165, 1.54) is 0 Å². The van der Waals surface area contributed by atoms with Crippen molar-refractivity contribution in [2.75, 3.05) is 38.6 Å². The number of amides is 3. The molecule has 34 heavy (non-hydrogen) atoms. The Labute approximate surface area is 201 Å². The number of piperidine rings is 1. The Morgan fingerprint density at radius 3 is 2.41 bits per heavy atom. The Balaban J connectivity index is 1.53. The summed E-state index contributed by atoms with van der Waals surface area (Å²) in [4.78, 5) is 41.8. The summed E-state index contributed by atoms with van der Waals surface area (Å²) in [7, 11) is 1.55. The fraction of sp³-hybridized carbons (Fsp3) is 0.370. The first-order valence-electron chi connectivity index (χ1n) is 11.8. The van der Waals surface area contributed by atoms with Gasteiger partial charge in [-0.05, 0) is 43.0 Å².